The maximum Gasteiger partial charge on any atom is 0.103 e. The number of nitrogens with zero attached hydrogens (tertiary/aromatic N) is 1. The van der Waals surface area contributed by atoms with Crippen LogP contribution in [-0.4, -0.2) is 5.84 Å². The van der Waals surface area contributed by atoms with Gasteiger partial charge < -0.3 is 5.73 Å². The van der Waals surface area contributed by atoms with Gasteiger partial charge in [0.1, 0.15) is 5.84 Å². The van der Waals surface area contributed by atoms with E-state index in [9.17, 15) is 0 Å². The van der Waals surface area contributed by atoms with Crippen molar-refractivity contribution in [3.63, 3.8) is 0 Å². The number of rotatable bonds is 2. The van der Waals surface area contributed by atoms with Crippen LogP contribution in [0.4, 0.5) is 5.69 Å². The Morgan fingerprint density at radius 1 is 1.38 bits per heavy atom. The largest absolute Gasteiger partial charge is 0.387 e. The van der Waals surface area contributed by atoms with E-state index < -0.39 is 0 Å². The summed E-state index contributed by atoms with van der Waals surface area (Å²) in [6.07, 6.45) is 4.96. The lowest BCUT2D eigenvalue weighted by molar-refractivity contribution is 0.722. The second kappa shape index (κ2) is 5.00. The van der Waals surface area contributed by atoms with E-state index in [2.05, 4.69) is 40.0 Å². The molecule has 0 heterocycles. The van der Waals surface area contributed by atoms with E-state index in [1.807, 2.05) is 6.07 Å². The lowest BCUT2D eigenvalue weighted by Crippen LogP contribution is -2.20. The monoisotopic (exact) mass is 280 g/mol. The SMILES string of the molecule is Cc1ccc(Br)c(N=C(N)C2CCCC2)c1. The first-order valence-electron chi connectivity index (χ1n) is 5.77. The van der Waals surface area contributed by atoms with Gasteiger partial charge in [0.15, 0.2) is 0 Å². The summed E-state index contributed by atoms with van der Waals surface area (Å²) >= 11 is 3.50. The van der Waals surface area contributed by atoms with Crippen molar-refractivity contribution >= 4 is 27.5 Å². The maximum absolute atomic E-state index is 6.06. The minimum absolute atomic E-state index is 0.493. The minimum Gasteiger partial charge on any atom is -0.387 e. The fraction of sp³-hybridized carbons (Fsp3) is 0.462. The van der Waals surface area contributed by atoms with Crippen LogP contribution in [0.5, 0.6) is 0 Å². The Morgan fingerprint density at radius 3 is 2.75 bits per heavy atom. The second-order valence-electron chi connectivity index (χ2n) is 4.47. The maximum atomic E-state index is 6.06. The standard InChI is InChI=1S/C13H17BrN2/c1-9-6-7-11(14)12(8-9)16-13(15)10-4-2-3-5-10/h6-8,10H,2-5H2,1H3,(H2,15,16). The minimum atomic E-state index is 0.493. The molecular weight excluding hydrogens is 264 g/mol. The third-order valence-corrected chi connectivity index (χ3v) is 3.80. The predicted octanol–water partition coefficient (Wildman–Crippen LogP) is 3.94. The van der Waals surface area contributed by atoms with E-state index in [4.69, 9.17) is 5.73 Å². The molecule has 0 aromatic heterocycles. The Morgan fingerprint density at radius 2 is 2.06 bits per heavy atom. The molecule has 0 atom stereocenters. The molecule has 0 radical (unpaired) electrons. The zero-order chi connectivity index (χ0) is 11.5. The van der Waals surface area contributed by atoms with Crippen molar-refractivity contribution < 1.29 is 0 Å². The molecular formula is C13H17BrN2. The van der Waals surface area contributed by atoms with Gasteiger partial charge in [-0.1, -0.05) is 18.9 Å². The van der Waals surface area contributed by atoms with Gasteiger partial charge in [-0.2, -0.15) is 0 Å². The van der Waals surface area contributed by atoms with Gasteiger partial charge in [-0.15, -0.1) is 0 Å². The number of amidine groups is 1. The fourth-order valence-corrected chi connectivity index (χ4v) is 2.50. The predicted molar refractivity (Wildman–Crippen MR) is 72.1 cm³/mol. The van der Waals surface area contributed by atoms with E-state index in [0.29, 0.717) is 5.92 Å². The highest BCUT2D eigenvalue weighted by molar-refractivity contribution is 9.10. The number of benzene rings is 1. The Kier molecular flexibility index (Phi) is 3.64. The quantitative estimate of drug-likeness (QED) is 0.647. The number of aryl methyl sites for hydroxylation is 1. The van der Waals surface area contributed by atoms with Crippen molar-refractivity contribution in [2.75, 3.05) is 0 Å². The van der Waals surface area contributed by atoms with Crippen LogP contribution in [0.2, 0.25) is 0 Å². The van der Waals surface area contributed by atoms with E-state index in [0.717, 1.165) is 16.0 Å². The average molecular weight is 281 g/mol. The molecule has 0 bridgehead atoms. The smallest absolute Gasteiger partial charge is 0.103 e. The van der Waals surface area contributed by atoms with Gasteiger partial charge in [-0.3, -0.25) is 0 Å². The molecule has 2 N–H and O–H groups in total. The van der Waals surface area contributed by atoms with Crippen LogP contribution in [0, 0.1) is 12.8 Å². The van der Waals surface area contributed by atoms with Gasteiger partial charge in [0, 0.05) is 10.4 Å². The molecule has 86 valence electrons. The van der Waals surface area contributed by atoms with Crippen LogP contribution in [0.25, 0.3) is 0 Å². The van der Waals surface area contributed by atoms with Gasteiger partial charge in [-0.25, -0.2) is 4.99 Å². The third-order valence-electron chi connectivity index (χ3n) is 3.12. The van der Waals surface area contributed by atoms with Crippen LogP contribution in [-0.2, 0) is 0 Å². The first-order chi connectivity index (χ1) is 7.66. The van der Waals surface area contributed by atoms with Crippen molar-refractivity contribution in [2.45, 2.75) is 32.6 Å². The van der Waals surface area contributed by atoms with E-state index >= 15 is 0 Å². The molecule has 16 heavy (non-hydrogen) atoms. The molecule has 1 aromatic rings. The average Bonchev–Trinajstić information content (AvgIpc) is 2.76. The highest BCUT2D eigenvalue weighted by atomic mass is 79.9. The van der Waals surface area contributed by atoms with Crippen LogP contribution < -0.4 is 5.73 Å². The molecule has 2 rings (SSSR count). The van der Waals surface area contributed by atoms with Crippen molar-refractivity contribution in [3.8, 4) is 0 Å². The first-order valence-corrected chi connectivity index (χ1v) is 6.56. The molecule has 1 aromatic carbocycles. The topological polar surface area (TPSA) is 38.4 Å². The number of halogens is 1. The lowest BCUT2D eigenvalue weighted by Gasteiger charge is -2.09. The van der Waals surface area contributed by atoms with Crippen LogP contribution in [0.1, 0.15) is 31.2 Å². The number of aliphatic imine (C=N–C) groups is 1. The molecule has 1 aliphatic carbocycles. The fourth-order valence-electron chi connectivity index (χ4n) is 2.16. The first kappa shape index (κ1) is 11.6. The molecule has 2 nitrogen and oxygen atoms in total. The highest BCUT2D eigenvalue weighted by Gasteiger charge is 2.18. The summed E-state index contributed by atoms with van der Waals surface area (Å²) in [5, 5.41) is 0. The van der Waals surface area contributed by atoms with E-state index in [-0.39, 0.29) is 0 Å². The van der Waals surface area contributed by atoms with E-state index in [1.54, 1.807) is 0 Å². The van der Waals surface area contributed by atoms with Crippen LogP contribution >= 0.6 is 15.9 Å². The molecule has 0 unspecified atom stereocenters. The summed E-state index contributed by atoms with van der Waals surface area (Å²) in [5.41, 5.74) is 8.22. The summed E-state index contributed by atoms with van der Waals surface area (Å²) in [6, 6.07) is 6.15. The molecule has 1 aliphatic rings. The van der Waals surface area contributed by atoms with Crippen molar-refractivity contribution in [3.05, 3.63) is 28.2 Å². The lowest BCUT2D eigenvalue weighted by atomic mass is 10.1. The summed E-state index contributed by atoms with van der Waals surface area (Å²) in [5.74, 6) is 1.29. The number of nitrogens with two attached hydrogens (primary N) is 1. The zero-order valence-electron chi connectivity index (χ0n) is 9.54. The number of hydrogen-bond acceptors (Lipinski definition) is 1. The molecule has 0 aliphatic heterocycles. The van der Waals surface area contributed by atoms with Gasteiger partial charge >= 0.3 is 0 Å². The molecule has 1 saturated carbocycles. The summed E-state index contributed by atoms with van der Waals surface area (Å²) < 4.78 is 1.01. The summed E-state index contributed by atoms with van der Waals surface area (Å²) in [4.78, 5) is 4.55. The Labute approximate surface area is 105 Å². The molecule has 0 spiro atoms. The molecule has 3 heteroatoms. The van der Waals surface area contributed by atoms with Gasteiger partial charge in [0.2, 0.25) is 0 Å². The van der Waals surface area contributed by atoms with Gasteiger partial charge in [-0.05, 0) is 53.4 Å². The van der Waals surface area contributed by atoms with Gasteiger partial charge in [0.05, 0.1) is 5.69 Å². The van der Waals surface area contributed by atoms with E-state index in [1.165, 1.54) is 31.2 Å². The normalized spacial score (nSPS) is 18.0. The van der Waals surface area contributed by atoms with Crippen LogP contribution in [0.3, 0.4) is 0 Å². The summed E-state index contributed by atoms with van der Waals surface area (Å²) in [6.45, 7) is 2.07. The zero-order valence-corrected chi connectivity index (χ0v) is 11.1. The Bertz CT molecular complexity index is 406. The van der Waals surface area contributed by atoms with Crippen molar-refractivity contribution in [1.29, 1.82) is 0 Å². The summed E-state index contributed by atoms with van der Waals surface area (Å²) in [7, 11) is 0. The number of hydrogen-bond donors (Lipinski definition) is 1. The van der Waals surface area contributed by atoms with Gasteiger partial charge in [0.25, 0.3) is 0 Å². The molecule has 1 fully saturated rings. The van der Waals surface area contributed by atoms with Crippen LogP contribution in [0.15, 0.2) is 27.7 Å². The third kappa shape index (κ3) is 2.64. The van der Waals surface area contributed by atoms with Crippen molar-refractivity contribution in [2.24, 2.45) is 16.6 Å². The Hall–Kier alpha value is -0.830. The van der Waals surface area contributed by atoms with Crippen molar-refractivity contribution in [1.82, 2.24) is 0 Å². The molecule has 0 amide bonds. The Balaban J connectivity index is 2.23. The highest BCUT2D eigenvalue weighted by Crippen LogP contribution is 2.29. The molecule has 0 saturated heterocycles. The second-order valence-corrected chi connectivity index (χ2v) is 5.33.